The number of rotatable bonds is 13. The summed E-state index contributed by atoms with van der Waals surface area (Å²) in [5.41, 5.74) is 2.26. The van der Waals surface area contributed by atoms with E-state index in [4.69, 9.17) is 16.3 Å². The van der Waals surface area contributed by atoms with Crippen molar-refractivity contribution in [1.82, 2.24) is 34.2 Å². The summed E-state index contributed by atoms with van der Waals surface area (Å²) in [5, 5.41) is 11.8. The number of ether oxygens (including phenoxy) is 1. The van der Waals surface area contributed by atoms with Crippen LogP contribution in [0.15, 0.2) is 79.4 Å². The molecule has 0 saturated carbocycles. The van der Waals surface area contributed by atoms with Crippen LogP contribution in [0.1, 0.15) is 42.1 Å². The van der Waals surface area contributed by atoms with Crippen LogP contribution in [0.5, 0.6) is 5.75 Å². The van der Waals surface area contributed by atoms with Crippen LogP contribution in [-0.2, 0) is 17.8 Å². The third-order valence-electron chi connectivity index (χ3n) is 8.74. The summed E-state index contributed by atoms with van der Waals surface area (Å²) in [5.74, 6) is -0.875. The maximum atomic E-state index is 13.5. The van der Waals surface area contributed by atoms with Gasteiger partial charge in [0.15, 0.2) is 5.65 Å². The second-order valence-electron chi connectivity index (χ2n) is 11.8. The molecule has 2 amide bonds. The lowest BCUT2D eigenvalue weighted by Gasteiger charge is -2.38. The van der Waals surface area contributed by atoms with E-state index in [0.717, 1.165) is 38.8 Å². The van der Waals surface area contributed by atoms with Crippen molar-refractivity contribution in [1.29, 1.82) is 0 Å². The number of carbonyl (C=O) groups excluding carboxylic acids is 2. The largest absolute Gasteiger partial charge is 0.434 e. The highest BCUT2D eigenvalue weighted by Crippen LogP contribution is 2.37. The quantitative estimate of drug-likeness (QED) is 0.160. The molecule has 1 aliphatic rings. The van der Waals surface area contributed by atoms with E-state index in [9.17, 15) is 18.4 Å². The number of hydrogen-bond acceptors (Lipinski definition) is 7. The Bertz CT molecular complexity index is 1890. The fraction of sp³-hybridized carbons (Fsp3) is 0.343. The Hall–Kier alpha value is -4.88. The van der Waals surface area contributed by atoms with Crippen LogP contribution in [0.3, 0.4) is 0 Å². The van der Waals surface area contributed by atoms with Crippen molar-refractivity contribution in [3.8, 4) is 17.0 Å². The molecule has 0 bridgehead atoms. The van der Waals surface area contributed by atoms with Crippen LogP contribution >= 0.6 is 11.6 Å². The fourth-order valence-electron chi connectivity index (χ4n) is 6.30. The third kappa shape index (κ3) is 8.23. The van der Waals surface area contributed by atoms with Gasteiger partial charge in [0, 0.05) is 48.3 Å². The molecule has 1 N–H and O–H groups in total. The number of carbonyl (C=O) groups is 2. The molecule has 2 aromatic carbocycles. The van der Waals surface area contributed by atoms with Crippen LogP contribution < -0.4 is 10.1 Å². The first kappa shape index (κ1) is 34.0. The van der Waals surface area contributed by atoms with Crippen molar-refractivity contribution >= 4 is 34.7 Å². The monoisotopic (exact) mass is 690 g/mol. The Balaban J connectivity index is 1.16. The number of aryl methyl sites for hydroxylation is 1. The Labute approximate surface area is 287 Å². The van der Waals surface area contributed by atoms with E-state index in [1.807, 2.05) is 11.0 Å². The number of piperidine rings is 1. The summed E-state index contributed by atoms with van der Waals surface area (Å²) < 4.78 is 34.3. The number of aromatic nitrogens is 5. The summed E-state index contributed by atoms with van der Waals surface area (Å²) in [6.07, 6.45) is 9.90. The fourth-order valence-corrected chi connectivity index (χ4v) is 6.48. The van der Waals surface area contributed by atoms with Crippen LogP contribution in [0.2, 0.25) is 5.02 Å². The lowest BCUT2D eigenvalue weighted by atomic mass is 10.0. The van der Waals surface area contributed by atoms with Gasteiger partial charge in [0.05, 0.1) is 11.9 Å². The number of fused-ring (bicyclic) bond motifs is 1. The highest BCUT2D eigenvalue weighted by Gasteiger charge is 2.28. The van der Waals surface area contributed by atoms with Gasteiger partial charge in [-0.15, -0.1) is 0 Å². The summed E-state index contributed by atoms with van der Waals surface area (Å²) in [6.45, 7) is 2.12. The number of alkyl halides is 2. The summed E-state index contributed by atoms with van der Waals surface area (Å²) in [4.78, 5) is 35.5. The molecule has 0 spiro atoms. The Kier molecular flexibility index (Phi) is 10.8. The number of nitrogens with zero attached hydrogens (tertiary/aromatic N) is 7. The molecule has 5 aromatic rings. The lowest BCUT2D eigenvalue weighted by molar-refractivity contribution is -0.133. The number of likely N-dealkylation sites (tertiary alicyclic amines) is 1. The van der Waals surface area contributed by atoms with E-state index in [1.165, 1.54) is 51.6 Å². The molecule has 14 heteroatoms. The maximum Gasteiger partial charge on any atom is 0.387 e. The van der Waals surface area contributed by atoms with Crippen molar-refractivity contribution in [2.24, 2.45) is 0 Å². The van der Waals surface area contributed by atoms with Crippen molar-refractivity contribution < 1.29 is 23.1 Å². The SMILES string of the molecule is CCN(CCCc1ccccc1)C1CCN(C(=O)Cn2cc(NC(=O)c3cnn4cccnc34)c(-c3cc(Cl)ccc3OC(F)F)n2)CC1. The molecule has 4 heterocycles. The standard InChI is InChI=1S/C35H37ClF2N8O3/c1-2-43(16-6-10-24-8-4-3-5-9-24)26-13-18-44(19-14-26)31(47)23-45-22-29(41-34(48)28-21-40-46-17-7-15-39-33(28)46)32(42-45)27-20-25(36)11-12-30(27)49-35(37)38/h3-5,7-9,11-12,15,17,20-22,26,35H,2,6,10,13-14,16,18-19,23H2,1H3,(H,41,48). The molecule has 0 unspecified atom stereocenters. The number of anilines is 1. The molecule has 256 valence electrons. The summed E-state index contributed by atoms with van der Waals surface area (Å²) in [7, 11) is 0. The number of hydrogen-bond donors (Lipinski definition) is 1. The lowest BCUT2D eigenvalue weighted by Crippen LogP contribution is -2.47. The first-order valence-corrected chi connectivity index (χ1v) is 16.6. The van der Waals surface area contributed by atoms with Gasteiger partial charge < -0.3 is 19.9 Å². The minimum absolute atomic E-state index is 0.108. The predicted octanol–water partition coefficient (Wildman–Crippen LogP) is 6.05. The van der Waals surface area contributed by atoms with Crippen molar-refractivity contribution in [3.05, 3.63) is 95.5 Å². The van der Waals surface area contributed by atoms with Crippen molar-refractivity contribution in [3.63, 3.8) is 0 Å². The Morgan fingerprint density at radius 2 is 1.92 bits per heavy atom. The molecule has 3 aromatic heterocycles. The topological polar surface area (TPSA) is 110 Å². The molecular weight excluding hydrogens is 654 g/mol. The minimum Gasteiger partial charge on any atom is -0.434 e. The number of amides is 2. The molecule has 1 fully saturated rings. The van der Waals surface area contributed by atoms with Gasteiger partial charge in [-0.25, -0.2) is 9.50 Å². The zero-order valence-corrected chi connectivity index (χ0v) is 27.8. The average Bonchev–Trinajstić information content (AvgIpc) is 3.72. The third-order valence-corrected chi connectivity index (χ3v) is 8.97. The van der Waals surface area contributed by atoms with E-state index >= 15 is 0 Å². The summed E-state index contributed by atoms with van der Waals surface area (Å²) >= 11 is 6.25. The van der Waals surface area contributed by atoms with Crippen molar-refractivity contribution in [2.75, 3.05) is 31.5 Å². The number of halogens is 3. The van der Waals surface area contributed by atoms with E-state index in [0.29, 0.717) is 24.8 Å². The second-order valence-corrected chi connectivity index (χ2v) is 12.3. The van der Waals surface area contributed by atoms with Crippen LogP contribution in [-0.4, -0.2) is 84.8 Å². The normalized spacial score (nSPS) is 13.8. The summed E-state index contributed by atoms with van der Waals surface area (Å²) in [6, 6.07) is 16.7. The van der Waals surface area contributed by atoms with E-state index in [2.05, 4.69) is 56.6 Å². The molecular formula is C35H37ClF2N8O3. The zero-order valence-electron chi connectivity index (χ0n) is 27.0. The Morgan fingerprint density at radius 3 is 2.67 bits per heavy atom. The zero-order chi connectivity index (χ0) is 34.3. The van der Waals surface area contributed by atoms with Gasteiger partial charge in [0.2, 0.25) is 5.91 Å². The molecule has 1 aliphatic heterocycles. The van der Waals surface area contributed by atoms with Gasteiger partial charge in [-0.1, -0.05) is 48.9 Å². The average molecular weight is 691 g/mol. The molecule has 0 atom stereocenters. The first-order valence-electron chi connectivity index (χ1n) is 16.3. The van der Waals surface area contributed by atoms with Crippen molar-refractivity contribution in [2.45, 2.75) is 51.8 Å². The van der Waals surface area contributed by atoms with Gasteiger partial charge in [-0.05, 0) is 68.6 Å². The molecule has 0 radical (unpaired) electrons. The highest BCUT2D eigenvalue weighted by atomic mass is 35.5. The van der Waals surface area contributed by atoms with Gasteiger partial charge >= 0.3 is 6.61 Å². The van der Waals surface area contributed by atoms with E-state index < -0.39 is 12.5 Å². The maximum absolute atomic E-state index is 13.5. The van der Waals surface area contributed by atoms with Crippen LogP contribution in [0.4, 0.5) is 14.5 Å². The second kappa shape index (κ2) is 15.6. The number of benzene rings is 2. The minimum atomic E-state index is -3.11. The van der Waals surface area contributed by atoms with E-state index in [-0.39, 0.29) is 45.7 Å². The van der Waals surface area contributed by atoms with Crippen LogP contribution in [0.25, 0.3) is 16.9 Å². The first-order chi connectivity index (χ1) is 23.8. The smallest absolute Gasteiger partial charge is 0.387 e. The molecule has 11 nitrogen and oxygen atoms in total. The van der Waals surface area contributed by atoms with Gasteiger partial charge in [0.25, 0.3) is 5.91 Å². The van der Waals surface area contributed by atoms with Gasteiger partial charge in [-0.3, -0.25) is 14.3 Å². The number of nitrogens with one attached hydrogen (secondary N) is 1. The molecule has 1 saturated heterocycles. The Morgan fingerprint density at radius 1 is 1.12 bits per heavy atom. The van der Waals surface area contributed by atoms with Crippen LogP contribution in [0, 0.1) is 0 Å². The van der Waals surface area contributed by atoms with Gasteiger partial charge in [-0.2, -0.15) is 19.0 Å². The molecule has 6 rings (SSSR count). The van der Waals surface area contributed by atoms with Gasteiger partial charge in [0.1, 0.15) is 23.6 Å². The van der Waals surface area contributed by atoms with E-state index in [1.54, 1.807) is 12.3 Å². The molecule has 49 heavy (non-hydrogen) atoms. The predicted molar refractivity (Wildman–Crippen MR) is 182 cm³/mol. The molecule has 0 aliphatic carbocycles. The highest BCUT2D eigenvalue weighted by molar-refractivity contribution is 6.31.